The second-order valence-electron chi connectivity index (χ2n) is 9.47. The Labute approximate surface area is 265 Å². The van der Waals surface area contributed by atoms with Crippen LogP contribution in [0.5, 0.6) is 11.5 Å². The number of esters is 1. The molecular weight excluding hydrogens is 648 g/mol. The molecule has 0 aromatic heterocycles. The topological polar surface area (TPSA) is 187 Å². The summed E-state index contributed by atoms with van der Waals surface area (Å²) in [6, 6.07) is 6.00. The molecule has 0 unspecified atom stereocenters. The minimum atomic E-state index is -5.08. The number of hydrogen-bond donors (Lipinski definition) is 6. The van der Waals surface area contributed by atoms with E-state index in [0.717, 1.165) is 38.1 Å². The molecule has 0 spiro atoms. The van der Waals surface area contributed by atoms with Crippen molar-refractivity contribution in [2.75, 3.05) is 25.0 Å². The van der Waals surface area contributed by atoms with Gasteiger partial charge in [0.25, 0.3) is 5.91 Å². The summed E-state index contributed by atoms with van der Waals surface area (Å²) in [7, 11) is 0. The third-order valence-corrected chi connectivity index (χ3v) is 6.45. The molecule has 1 heterocycles. The Kier molecular flexibility index (Phi) is 14.2. The van der Waals surface area contributed by atoms with Crippen molar-refractivity contribution < 1.29 is 52.4 Å². The first-order valence-corrected chi connectivity index (χ1v) is 14.2. The van der Waals surface area contributed by atoms with Gasteiger partial charge in [0, 0.05) is 40.9 Å². The second kappa shape index (κ2) is 17.3. The van der Waals surface area contributed by atoms with Crippen molar-refractivity contribution in [1.29, 1.82) is 0 Å². The zero-order chi connectivity index (χ0) is 33.7. The predicted molar refractivity (Wildman–Crippen MR) is 159 cm³/mol. The van der Waals surface area contributed by atoms with E-state index in [-0.39, 0.29) is 45.7 Å². The summed E-state index contributed by atoms with van der Waals surface area (Å²) in [5, 5.41) is 36.0. The Morgan fingerprint density at radius 3 is 2.38 bits per heavy atom. The van der Waals surface area contributed by atoms with E-state index in [1.807, 2.05) is 0 Å². The van der Waals surface area contributed by atoms with Crippen LogP contribution in [0, 0.1) is 0 Å². The molecule has 45 heavy (non-hydrogen) atoms. The maximum absolute atomic E-state index is 12.8. The molecule has 0 aliphatic carbocycles. The van der Waals surface area contributed by atoms with E-state index >= 15 is 0 Å². The number of amidine groups is 1. The molecule has 0 fully saturated rings. The molecule has 0 bridgehead atoms. The fourth-order valence-corrected chi connectivity index (χ4v) is 4.45. The van der Waals surface area contributed by atoms with Gasteiger partial charge in [0.15, 0.2) is 0 Å². The zero-order valence-corrected chi connectivity index (χ0v) is 25.4. The highest BCUT2D eigenvalue weighted by molar-refractivity contribution is 6.35. The van der Waals surface area contributed by atoms with Gasteiger partial charge >= 0.3 is 18.1 Å². The van der Waals surface area contributed by atoms with Crippen molar-refractivity contribution in [3.63, 3.8) is 0 Å². The summed E-state index contributed by atoms with van der Waals surface area (Å²) in [5.74, 6) is -4.29. The Balaban J connectivity index is 0.000000900. The standard InChI is InChI=1S/C26H30Cl2N4O6.C2HF3O2/c1-2-38-24(35)13-21(19-10-16(27)11-20(28)25(19)36)32-23(34)14-30-26(37)15-8-17(12-18(33)9-15)31-22-6-4-3-5-7-29-22;3-2(4,5)1(6)7/h8-12,21,33,36H,2-7,13-14H2,1H3,(H,29,31)(H,30,37)(H,32,34);(H,6,7)/t21-;/m1./s1. The quantitative estimate of drug-likeness (QED) is 0.199. The Morgan fingerprint density at radius 1 is 1.04 bits per heavy atom. The van der Waals surface area contributed by atoms with E-state index in [2.05, 4.69) is 20.9 Å². The van der Waals surface area contributed by atoms with Crippen LogP contribution in [-0.2, 0) is 19.1 Å². The Bertz CT molecular complexity index is 1420. The second-order valence-corrected chi connectivity index (χ2v) is 10.3. The van der Waals surface area contributed by atoms with Crippen LogP contribution >= 0.6 is 23.2 Å². The molecule has 2 amide bonds. The molecule has 0 saturated heterocycles. The number of phenolic OH excluding ortho intramolecular Hbond substituents is 2. The molecule has 1 aliphatic heterocycles. The van der Waals surface area contributed by atoms with Gasteiger partial charge in [-0.25, -0.2) is 4.79 Å². The Hall–Kier alpha value is -4.24. The summed E-state index contributed by atoms with van der Waals surface area (Å²) >= 11 is 12.1. The van der Waals surface area contributed by atoms with Crippen molar-refractivity contribution in [3.05, 3.63) is 51.5 Å². The molecule has 17 heteroatoms. The number of ether oxygens (including phenoxy) is 1. The number of carbonyl (C=O) groups is 4. The van der Waals surface area contributed by atoms with Crippen molar-refractivity contribution in [3.8, 4) is 11.5 Å². The number of rotatable bonds is 9. The lowest BCUT2D eigenvalue weighted by molar-refractivity contribution is -0.192. The third kappa shape index (κ3) is 12.7. The first kappa shape index (κ1) is 36.9. The molecule has 2 aromatic rings. The molecule has 6 N–H and O–H groups in total. The molecular formula is C28H31Cl2F3N4O8. The number of benzene rings is 2. The van der Waals surface area contributed by atoms with Gasteiger partial charge in [0.2, 0.25) is 5.91 Å². The number of carbonyl (C=O) groups excluding carboxylic acids is 3. The SMILES string of the molecule is CCOC(=O)C[C@@H](NC(=O)CNC(=O)c1cc(O)cc(NC2=NCCCCC2)c1)c1cc(Cl)cc(Cl)c1O.O=C(O)C(F)(F)F. The molecule has 1 atom stereocenters. The summed E-state index contributed by atoms with van der Waals surface area (Å²) in [4.78, 5) is 51.0. The number of carboxylic acid groups (broad SMARTS) is 1. The van der Waals surface area contributed by atoms with E-state index in [9.17, 15) is 37.8 Å². The number of nitrogens with zero attached hydrogens (tertiary/aromatic N) is 1. The van der Waals surface area contributed by atoms with Crippen molar-refractivity contribution in [1.82, 2.24) is 10.6 Å². The lowest BCUT2D eigenvalue weighted by Crippen LogP contribution is -2.39. The maximum Gasteiger partial charge on any atom is 0.490 e. The number of phenols is 2. The van der Waals surface area contributed by atoms with Crippen LogP contribution in [0.15, 0.2) is 35.3 Å². The molecule has 0 radical (unpaired) electrons. The first-order valence-electron chi connectivity index (χ1n) is 13.5. The molecule has 3 rings (SSSR count). The number of aliphatic carboxylic acids is 1. The number of carboxylic acids is 1. The maximum atomic E-state index is 12.8. The number of amides is 2. The van der Waals surface area contributed by atoms with Crippen LogP contribution < -0.4 is 16.0 Å². The number of halogens is 5. The van der Waals surface area contributed by atoms with E-state index in [1.54, 1.807) is 13.0 Å². The lowest BCUT2D eigenvalue weighted by atomic mass is 10.0. The minimum Gasteiger partial charge on any atom is -0.508 e. The van der Waals surface area contributed by atoms with Crippen molar-refractivity contribution in [2.45, 2.75) is 51.2 Å². The van der Waals surface area contributed by atoms with Crippen molar-refractivity contribution >= 4 is 58.5 Å². The monoisotopic (exact) mass is 678 g/mol. The molecule has 1 aliphatic rings. The summed E-state index contributed by atoms with van der Waals surface area (Å²) in [5.41, 5.74) is 0.764. The molecule has 0 saturated carbocycles. The van der Waals surface area contributed by atoms with Crippen LogP contribution in [0.3, 0.4) is 0 Å². The highest BCUT2D eigenvalue weighted by Crippen LogP contribution is 2.36. The van der Waals surface area contributed by atoms with Crippen LogP contribution in [0.25, 0.3) is 0 Å². The highest BCUT2D eigenvalue weighted by atomic mass is 35.5. The highest BCUT2D eigenvalue weighted by Gasteiger charge is 2.38. The number of anilines is 1. The smallest absolute Gasteiger partial charge is 0.490 e. The van der Waals surface area contributed by atoms with Gasteiger partial charge in [-0.3, -0.25) is 19.4 Å². The van der Waals surface area contributed by atoms with Crippen LogP contribution in [-0.4, -0.2) is 70.8 Å². The number of hydrogen-bond acceptors (Lipinski definition) is 9. The van der Waals surface area contributed by atoms with Crippen LogP contribution in [0.1, 0.15) is 61.0 Å². The molecule has 246 valence electrons. The summed E-state index contributed by atoms with van der Waals surface area (Å²) in [6.45, 7) is 2.05. The molecule has 12 nitrogen and oxygen atoms in total. The van der Waals surface area contributed by atoms with Gasteiger partial charge in [-0.1, -0.05) is 29.6 Å². The number of aliphatic imine (C=N–C) groups is 1. The van der Waals surface area contributed by atoms with Gasteiger partial charge in [0.05, 0.1) is 30.6 Å². The van der Waals surface area contributed by atoms with Crippen LogP contribution in [0.4, 0.5) is 18.9 Å². The van der Waals surface area contributed by atoms with E-state index < -0.39 is 42.5 Å². The zero-order valence-electron chi connectivity index (χ0n) is 23.8. The normalized spacial score (nSPS) is 13.6. The molecule has 2 aromatic carbocycles. The minimum absolute atomic E-state index is 0.0491. The van der Waals surface area contributed by atoms with Gasteiger partial charge in [-0.2, -0.15) is 13.2 Å². The summed E-state index contributed by atoms with van der Waals surface area (Å²) in [6.07, 6.45) is -1.50. The predicted octanol–water partition coefficient (Wildman–Crippen LogP) is 4.96. The fraction of sp³-hybridized carbons (Fsp3) is 0.393. The van der Waals surface area contributed by atoms with Crippen LogP contribution in [0.2, 0.25) is 10.0 Å². The average Bonchev–Trinajstić information content (AvgIpc) is 3.21. The fourth-order valence-electron chi connectivity index (χ4n) is 3.94. The van der Waals surface area contributed by atoms with Crippen molar-refractivity contribution in [2.24, 2.45) is 4.99 Å². The van der Waals surface area contributed by atoms with E-state index in [1.165, 1.54) is 24.3 Å². The lowest BCUT2D eigenvalue weighted by Gasteiger charge is -2.20. The number of aromatic hydroxyl groups is 2. The average molecular weight is 679 g/mol. The Morgan fingerprint density at radius 2 is 1.73 bits per heavy atom. The first-order chi connectivity index (χ1) is 21.1. The van der Waals surface area contributed by atoms with E-state index in [4.69, 9.17) is 37.8 Å². The van der Waals surface area contributed by atoms with Gasteiger partial charge in [-0.05, 0) is 44.0 Å². The van der Waals surface area contributed by atoms with E-state index in [0.29, 0.717) is 5.69 Å². The largest absolute Gasteiger partial charge is 0.508 e. The summed E-state index contributed by atoms with van der Waals surface area (Å²) < 4.78 is 36.7. The third-order valence-electron chi connectivity index (χ3n) is 5.94. The van der Waals surface area contributed by atoms with Gasteiger partial charge in [0.1, 0.15) is 17.3 Å². The number of nitrogens with one attached hydrogen (secondary N) is 3. The van der Waals surface area contributed by atoms with Gasteiger partial charge < -0.3 is 36.0 Å². The number of alkyl halides is 3. The van der Waals surface area contributed by atoms with Gasteiger partial charge in [-0.15, -0.1) is 0 Å².